The number of hydrogen-bond donors (Lipinski definition) is 4. The number of nitrogens with zero attached hydrogens (tertiary/aromatic N) is 3. The number of anilines is 2. The lowest BCUT2D eigenvalue weighted by atomic mass is 10.1. The molecule has 0 saturated carbocycles. The fourth-order valence-corrected chi connectivity index (χ4v) is 3.00. The number of aliphatic hydroxyl groups excluding tert-OH is 1. The highest BCUT2D eigenvalue weighted by Crippen LogP contribution is 2.24. The Kier molecular flexibility index (Phi) is 5.53. The number of hydrogen-bond acceptors (Lipinski definition) is 7. The average Bonchev–Trinajstić information content (AvgIpc) is 3.46. The molecule has 3 aromatic heterocycles. The molecule has 0 aliphatic rings. The van der Waals surface area contributed by atoms with Crippen LogP contribution in [0.5, 0.6) is 0 Å². The topological polar surface area (TPSA) is 129 Å². The van der Waals surface area contributed by atoms with Crippen molar-refractivity contribution in [3.8, 4) is 11.3 Å². The highest BCUT2D eigenvalue weighted by atomic mass is 16.5. The van der Waals surface area contributed by atoms with Crippen molar-refractivity contribution in [2.24, 2.45) is 0 Å². The normalized spacial score (nSPS) is 11.8. The summed E-state index contributed by atoms with van der Waals surface area (Å²) in [5.41, 5.74) is 3.46. The zero-order chi connectivity index (χ0) is 20.9. The monoisotopic (exact) mass is 404 g/mol. The van der Waals surface area contributed by atoms with Crippen LogP contribution in [0, 0.1) is 6.92 Å². The van der Waals surface area contributed by atoms with Crippen molar-refractivity contribution in [1.82, 2.24) is 25.4 Å². The van der Waals surface area contributed by atoms with Crippen LogP contribution in [0.3, 0.4) is 0 Å². The Balaban J connectivity index is 1.53. The number of carbonyl (C=O) groups excluding carboxylic acids is 1. The molecule has 0 aliphatic carbocycles. The number of H-pyrrole nitrogens is 1. The Morgan fingerprint density at radius 2 is 2.10 bits per heavy atom. The predicted molar refractivity (Wildman–Crippen MR) is 110 cm³/mol. The third kappa shape index (κ3) is 4.20. The van der Waals surface area contributed by atoms with E-state index in [0.29, 0.717) is 23.2 Å². The van der Waals surface area contributed by atoms with Gasteiger partial charge in [0.2, 0.25) is 5.95 Å². The fourth-order valence-electron chi connectivity index (χ4n) is 3.00. The van der Waals surface area contributed by atoms with Crippen molar-refractivity contribution < 1.29 is 14.4 Å². The number of nitrogens with one attached hydrogen (secondary N) is 3. The molecule has 0 aliphatic heterocycles. The first-order chi connectivity index (χ1) is 14.6. The van der Waals surface area contributed by atoms with E-state index >= 15 is 0 Å². The highest BCUT2D eigenvalue weighted by Gasteiger charge is 2.17. The molecule has 152 valence electrons. The molecule has 0 bridgehead atoms. The van der Waals surface area contributed by atoms with Crippen molar-refractivity contribution in [3.63, 3.8) is 0 Å². The lowest BCUT2D eigenvalue weighted by molar-refractivity contribution is 0.0912. The van der Waals surface area contributed by atoms with E-state index in [9.17, 15) is 9.90 Å². The minimum Gasteiger partial charge on any atom is -0.394 e. The van der Waals surface area contributed by atoms with Gasteiger partial charge in [0.25, 0.3) is 5.91 Å². The van der Waals surface area contributed by atoms with Crippen LogP contribution in [-0.4, -0.2) is 37.7 Å². The van der Waals surface area contributed by atoms with Gasteiger partial charge < -0.3 is 25.2 Å². The molecule has 30 heavy (non-hydrogen) atoms. The summed E-state index contributed by atoms with van der Waals surface area (Å²) >= 11 is 0. The van der Waals surface area contributed by atoms with Gasteiger partial charge in [-0.05, 0) is 24.1 Å². The van der Waals surface area contributed by atoms with Gasteiger partial charge in [-0.2, -0.15) is 0 Å². The average molecular weight is 404 g/mol. The summed E-state index contributed by atoms with van der Waals surface area (Å²) in [7, 11) is 0. The van der Waals surface area contributed by atoms with E-state index in [-0.39, 0.29) is 12.5 Å². The molecule has 3 heterocycles. The lowest BCUT2D eigenvalue weighted by Gasteiger charge is -2.16. The molecular weight excluding hydrogens is 384 g/mol. The van der Waals surface area contributed by atoms with Gasteiger partial charge in [-0.15, -0.1) is 0 Å². The number of benzene rings is 1. The number of aliphatic hydroxyl groups is 1. The van der Waals surface area contributed by atoms with Gasteiger partial charge in [-0.3, -0.25) is 4.79 Å². The number of aromatic amines is 1. The van der Waals surface area contributed by atoms with Crippen molar-refractivity contribution in [2.75, 3.05) is 11.9 Å². The van der Waals surface area contributed by atoms with E-state index in [4.69, 9.17) is 4.52 Å². The molecule has 1 aromatic carbocycles. The van der Waals surface area contributed by atoms with Gasteiger partial charge in [0.15, 0.2) is 5.82 Å². The smallest absolute Gasteiger partial charge is 0.268 e. The van der Waals surface area contributed by atoms with E-state index < -0.39 is 6.04 Å². The van der Waals surface area contributed by atoms with E-state index in [1.54, 1.807) is 24.5 Å². The van der Waals surface area contributed by atoms with E-state index in [0.717, 1.165) is 16.7 Å². The third-order valence-electron chi connectivity index (χ3n) is 4.54. The molecule has 0 radical (unpaired) electrons. The van der Waals surface area contributed by atoms with Crippen LogP contribution in [0.1, 0.15) is 27.7 Å². The molecule has 4 N–H and O–H groups in total. The fraction of sp³-hybridized carbons (Fsp3) is 0.143. The van der Waals surface area contributed by atoms with Crippen LogP contribution in [-0.2, 0) is 0 Å². The summed E-state index contributed by atoms with van der Waals surface area (Å²) in [5, 5.41) is 19.2. The maximum atomic E-state index is 12.7. The van der Waals surface area contributed by atoms with Crippen LogP contribution in [0.2, 0.25) is 0 Å². The van der Waals surface area contributed by atoms with Crippen molar-refractivity contribution >= 4 is 17.7 Å². The second-order valence-electron chi connectivity index (χ2n) is 6.66. The van der Waals surface area contributed by atoms with Crippen molar-refractivity contribution in [1.29, 1.82) is 0 Å². The quantitative estimate of drug-likeness (QED) is 0.373. The largest absolute Gasteiger partial charge is 0.394 e. The van der Waals surface area contributed by atoms with Gasteiger partial charge in [0.1, 0.15) is 12.0 Å². The minimum atomic E-state index is -0.496. The molecule has 0 fully saturated rings. The first-order valence-corrected chi connectivity index (χ1v) is 9.30. The Hall–Kier alpha value is -3.98. The number of carbonyl (C=O) groups is 1. The first-order valence-electron chi connectivity index (χ1n) is 9.30. The van der Waals surface area contributed by atoms with Crippen LogP contribution < -0.4 is 10.6 Å². The molecule has 4 aromatic rings. The summed E-state index contributed by atoms with van der Waals surface area (Å²) in [4.78, 5) is 24.4. The summed E-state index contributed by atoms with van der Waals surface area (Å²) in [6, 6.07) is 12.2. The number of aromatic nitrogens is 4. The Labute approximate surface area is 172 Å². The predicted octanol–water partition coefficient (Wildman–Crippen LogP) is 2.98. The third-order valence-corrected chi connectivity index (χ3v) is 4.54. The number of rotatable bonds is 7. The second kappa shape index (κ2) is 8.58. The standard InChI is InChI=1S/C21H20N6O3/c1-13-10-23-21(25-18-7-8-30-27-18)26-19(13)15-9-16(22-11-15)20(29)24-17(12-28)14-5-3-2-4-6-14/h2-11,17,22,28H,12H2,1H3,(H,24,29)(H,23,25,26,27). The van der Waals surface area contributed by atoms with E-state index in [1.165, 1.54) is 6.26 Å². The Morgan fingerprint density at radius 1 is 1.27 bits per heavy atom. The summed E-state index contributed by atoms with van der Waals surface area (Å²) < 4.78 is 4.79. The van der Waals surface area contributed by atoms with Gasteiger partial charge in [-0.1, -0.05) is 35.5 Å². The maximum absolute atomic E-state index is 12.7. The first kappa shape index (κ1) is 19.3. The SMILES string of the molecule is Cc1cnc(Nc2ccon2)nc1-c1c[nH]c(C(=O)NC(CO)c2ccccc2)c1. The van der Waals surface area contributed by atoms with Crippen LogP contribution in [0.15, 0.2) is 65.6 Å². The lowest BCUT2D eigenvalue weighted by Crippen LogP contribution is -2.30. The zero-order valence-electron chi connectivity index (χ0n) is 16.2. The van der Waals surface area contributed by atoms with Crippen molar-refractivity contribution in [3.05, 3.63) is 77.9 Å². The van der Waals surface area contributed by atoms with Crippen molar-refractivity contribution in [2.45, 2.75) is 13.0 Å². The molecule has 9 nitrogen and oxygen atoms in total. The summed E-state index contributed by atoms with van der Waals surface area (Å²) in [6.45, 7) is 1.69. The summed E-state index contributed by atoms with van der Waals surface area (Å²) in [5.74, 6) is 0.535. The van der Waals surface area contributed by atoms with Gasteiger partial charge in [0.05, 0.1) is 18.3 Å². The zero-order valence-corrected chi connectivity index (χ0v) is 16.2. The Bertz CT molecular complexity index is 1120. The molecule has 1 amide bonds. The van der Waals surface area contributed by atoms with Crippen LogP contribution in [0.4, 0.5) is 11.8 Å². The van der Waals surface area contributed by atoms with E-state index in [2.05, 4.69) is 30.7 Å². The molecule has 0 spiro atoms. The highest BCUT2D eigenvalue weighted by molar-refractivity contribution is 5.94. The van der Waals surface area contributed by atoms with Gasteiger partial charge >= 0.3 is 0 Å². The molecule has 9 heteroatoms. The maximum Gasteiger partial charge on any atom is 0.268 e. The molecule has 4 rings (SSSR count). The van der Waals surface area contributed by atoms with Gasteiger partial charge in [-0.25, -0.2) is 9.97 Å². The molecule has 0 saturated heterocycles. The van der Waals surface area contributed by atoms with Crippen LogP contribution >= 0.6 is 0 Å². The summed E-state index contributed by atoms with van der Waals surface area (Å²) in [6.07, 6.45) is 4.85. The number of amides is 1. The Morgan fingerprint density at radius 3 is 2.83 bits per heavy atom. The molecular formula is C21H20N6O3. The van der Waals surface area contributed by atoms with Gasteiger partial charge in [0, 0.05) is 24.0 Å². The molecule has 1 unspecified atom stereocenters. The minimum absolute atomic E-state index is 0.203. The van der Waals surface area contributed by atoms with E-state index in [1.807, 2.05) is 37.3 Å². The second-order valence-corrected chi connectivity index (χ2v) is 6.66. The molecule has 1 atom stereocenters. The van der Waals surface area contributed by atoms with Crippen LogP contribution in [0.25, 0.3) is 11.3 Å². The number of aryl methyl sites for hydroxylation is 1.